The van der Waals surface area contributed by atoms with Crippen LogP contribution in [0.5, 0.6) is 0 Å². The van der Waals surface area contributed by atoms with Crippen LogP contribution in [0.25, 0.3) is 0 Å². The van der Waals surface area contributed by atoms with Crippen LogP contribution in [0.1, 0.15) is 59.3 Å². The van der Waals surface area contributed by atoms with Gasteiger partial charge in [-0.15, -0.1) is 0 Å². The number of hydrogen-bond donors (Lipinski definition) is 0. The molecule has 0 radical (unpaired) electrons. The highest BCUT2D eigenvalue weighted by Gasteiger charge is 2.20. The SMILES string of the molecule is CCCCCC1CCCN(C(C)C)C1. The Labute approximate surface area is 89.9 Å². The van der Waals surface area contributed by atoms with E-state index in [2.05, 4.69) is 25.7 Å². The highest BCUT2D eigenvalue weighted by molar-refractivity contribution is 4.75. The standard InChI is InChI=1S/C13H27N/c1-4-5-6-8-13-9-7-10-14(11-13)12(2)3/h12-13H,4-11H2,1-3H3. The summed E-state index contributed by atoms with van der Waals surface area (Å²) in [5.41, 5.74) is 0. The maximum Gasteiger partial charge on any atom is 0.00387 e. The fourth-order valence-corrected chi connectivity index (χ4v) is 2.48. The maximum absolute atomic E-state index is 2.65. The van der Waals surface area contributed by atoms with E-state index in [1.807, 2.05) is 0 Å². The van der Waals surface area contributed by atoms with Gasteiger partial charge in [0.05, 0.1) is 0 Å². The zero-order chi connectivity index (χ0) is 10.4. The predicted octanol–water partition coefficient (Wildman–Crippen LogP) is 3.69. The Morgan fingerprint density at radius 3 is 2.71 bits per heavy atom. The molecule has 0 amide bonds. The third-order valence-electron chi connectivity index (χ3n) is 3.50. The normalized spacial score (nSPS) is 24.4. The second-order valence-electron chi connectivity index (χ2n) is 5.09. The molecular weight excluding hydrogens is 170 g/mol. The van der Waals surface area contributed by atoms with Crippen molar-refractivity contribution >= 4 is 0 Å². The van der Waals surface area contributed by atoms with Crippen molar-refractivity contribution in [2.45, 2.75) is 65.3 Å². The fourth-order valence-electron chi connectivity index (χ4n) is 2.48. The first-order chi connectivity index (χ1) is 6.74. The first kappa shape index (κ1) is 12.0. The van der Waals surface area contributed by atoms with E-state index in [4.69, 9.17) is 0 Å². The van der Waals surface area contributed by atoms with Crippen LogP contribution in [0.3, 0.4) is 0 Å². The lowest BCUT2D eigenvalue weighted by atomic mass is 9.92. The summed E-state index contributed by atoms with van der Waals surface area (Å²) in [5, 5.41) is 0. The lowest BCUT2D eigenvalue weighted by molar-refractivity contribution is 0.134. The Hall–Kier alpha value is -0.0400. The molecule has 0 saturated carbocycles. The van der Waals surface area contributed by atoms with Crippen molar-refractivity contribution in [1.29, 1.82) is 0 Å². The smallest absolute Gasteiger partial charge is 0.00387 e. The highest BCUT2D eigenvalue weighted by Crippen LogP contribution is 2.23. The Bertz CT molecular complexity index is 142. The molecule has 1 aliphatic heterocycles. The van der Waals surface area contributed by atoms with Crippen molar-refractivity contribution in [3.05, 3.63) is 0 Å². The number of rotatable bonds is 5. The van der Waals surface area contributed by atoms with E-state index in [1.165, 1.54) is 51.6 Å². The number of hydrogen-bond acceptors (Lipinski definition) is 1. The molecule has 0 bridgehead atoms. The van der Waals surface area contributed by atoms with Gasteiger partial charge in [0, 0.05) is 12.6 Å². The van der Waals surface area contributed by atoms with E-state index in [1.54, 1.807) is 0 Å². The van der Waals surface area contributed by atoms with Gasteiger partial charge in [0.15, 0.2) is 0 Å². The van der Waals surface area contributed by atoms with E-state index < -0.39 is 0 Å². The van der Waals surface area contributed by atoms with Crippen molar-refractivity contribution in [1.82, 2.24) is 4.90 Å². The lowest BCUT2D eigenvalue weighted by Crippen LogP contribution is -2.39. The largest absolute Gasteiger partial charge is 0.301 e. The molecule has 1 heteroatoms. The van der Waals surface area contributed by atoms with Gasteiger partial charge in [-0.1, -0.05) is 26.2 Å². The van der Waals surface area contributed by atoms with E-state index in [0.29, 0.717) is 0 Å². The fraction of sp³-hybridized carbons (Fsp3) is 1.00. The first-order valence-corrected chi connectivity index (χ1v) is 6.48. The van der Waals surface area contributed by atoms with Gasteiger partial charge in [-0.3, -0.25) is 0 Å². The van der Waals surface area contributed by atoms with Gasteiger partial charge < -0.3 is 4.90 Å². The van der Waals surface area contributed by atoms with Crippen molar-refractivity contribution in [2.24, 2.45) is 5.92 Å². The number of nitrogens with zero attached hydrogens (tertiary/aromatic N) is 1. The van der Waals surface area contributed by atoms with Crippen LogP contribution < -0.4 is 0 Å². The second-order valence-corrected chi connectivity index (χ2v) is 5.09. The molecule has 0 aromatic carbocycles. The van der Waals surface area contributed by atoms with Crippen LogP contribution in [0.2, 0.25) is 0 Å². The summed E-state index contributed by atoms with van der Waals surface area (Å²) >= 11 is 0. The van der Waals surface area contributed by atoms with Gasteiger partial charge in [-0.05, 0) is 45.6 Å². The van der Waals surface area contributed by atoms with E-state index in [-0.39, 0.29) is 0 Å². The zero-order valence-corrected chi connectivity index (χ0v) is 10.3. The van der Waals surface area contributed by atoms with E-state index in [9.17, 15) is 0 Å². The van der Waals surface area contributed by atoms with E-state index in [0.717, 1.165) is 12.0 Å². The minimum Gasteiger partial charge on any atom is -0.301 e. The molecule has 1 unspecified atom stereocenters. The summed E-state index contributed by atoms with van der Waals surface area (Å²) in [7, 11) is 0. The second kappa shape index (κ2) is 6.44. The van der Waals surface area contributed by atoms with Gasteiger partial charge in [0.1, 0.15) is 0 Å². The average Bonchev–Trinajstić information content (AvgIpc) is 2.19. The molecule has 84 valence electrons. The first-order valence-electron chi connectivity index (χ1n) is 6.48. The van der Waals surface area contributed by atoms with Crippen LogP contribution in [0.15, 0.2) is 0 Å². The van der Waals surface area contributed by atoms with Crippen LogP contribution in [0, 0.1) is 5.92 Å². The lowest BCUT2D eigenvalue weighted by Gasteiger charge is -2.35. The third kappa shape index (κ3) is 4.00. The molecule has 1 aliphatic rings. The molecule has 1 atom stereocenters. The number of piperidine rings is 1. The summed E-state index contributed by atoms with van der Waals surface area (Å²) in [6.07, 6.45) is 8.62. The van der Waals surface area contributed by atoms with E-state index >= 15 is 0 Å². The minimum absolute atomic E-state index is 0.754. The van der Waals surface area contributed by atoms with Crippen molar-refractivity contribution in [3.8, 4) is 0 Å². The number of likely N-dealkylation sites (tertiary alicyclic amines) is 1. The predicted molar refractivity (Wildman–Crippen MR) is 63.6 cm³/mol. The van der Waals surface area contributed by atoms with Crippen LogP contribution >= 0.6 is 0 Å². The molecule has 0 aliphatic carbocycles. The maximum atomic E-state index is 2.65. The average molecular weight is 197 g/mol. The molecule has 14 heavy (non-hydrogen) atoms. The minimum atomic E-state index is 0.754. The summed E-state index contributed by atoms with van der Waals surface area (Å²) in [4.78, 5) is 2.65. The topological polar surface area (TPSA) is 3.24 Å². The molecule has 0 aromatic heterocycles. The zero-order valence-electron chi connectivity index (χ0n) is 10.3. The molecule has 0 aromatic rings. The van der Waals surface area contributed by atoms with Crippen LogP contribution in [-0.4, -0.2) is 24.0 Å². The van der Waals surface area contributed by atoms with Gasteiger partial charge in [-0.25, -0.2) is 0 Å². The summed E-state index contributed by atoms with van der Waals surface area (Å²) < 4.78 is 0. The Morgan fingerprint density at radius 1 is 1.29 bits per heavy atom. The number of unbranched alkanes of at least 4 members (excludes halogenated alkanes) is 2. The molecule has 1 rings (SSSR count). The molecule has 0 N–H and O–H groups in total. The van der Waals surface area contributed by atoms with Gasteiger partial charge >= 0.3 is 0 Å². The van der Waals surface area contributed by atoms with Gasteiger partial charge in [-0.2, -0.15) is 0 Å². The molecule has 0 spiro atoms. The molecular formula is C13H27N. The van der Waals surface area contributed by atoms with Gasteiger partial charge in [0.25, 0.3) is 0 Å². The molecule has 1 nitrogen and oxygen atoms in total. The molecule has 1 saturated heterocycles. The van der Waals surface area contributed by atoms with Crippen LogP contribution in [0.4, 0.5) is 0 Å². The van der Waals surface area contributed by atoms with Crippen molar-refractivity contribution in [2.75, 3.05) is 13.1 Å². The van der Waals surface area contributed by atoms with Crippen LogP contribution in [-0.2, 0) is 0 Å². The summed E-state index contributed by atoms with van der Waals surface area (Å²) in [6, 6.07) is 0.754. The molecule has 1 heterocycles. The van der Waals surface area contributed by atoms with Gasteiger partial charge in [0.2, 0.25) is 0 Å². The van der Waals surface area contributed by atoms with Crippen molar-refractivity contribution < 1.29 is 0 Å². The quantitative estimate of drug-likeness (QED) is 0.608. The Kier molecular flexibility index (Phi) is 5.54. The summed E-state index contributed by atoms with van der Waals surface area (Å²) in [5.74, 6) is 0.998. The highest BCUT2D eigenvalue weighted by atomic mass is 15.1. The Balaban J connectivity index is 2.19. The van der Waals surface area contributed by atoms with Crippen molar-refractivity contribution in [3.63, 3.8) is 0 Å². The summed E-state index contributed by atoms with van der Waals surface area (Å²) in [6.45, 7) is 9.65. The molecule has 1 fully saturated rings. The third-order valence-corrected chi connectivity index (χ3v) is 3.50. The Morgan fingerprint density at radius 2 is 2.07 bits per heavy atom. The monoisotopic (exact) mass is 197 g/mol.